The van der Waals surface area contributed by atoms with Crippen LogP contribution in [0.5, 0.6) is 5.88 Å². The van der Waals surface area contributed by atoms with Crippen molar-refractivity contribution in [1.29, 1.82) is 0 Å². The van der Waals surface area contributed by atoms with Gasteiger partial charge in [0.25, 0.3) is 0 Å². The van der Waals surface area contributed by atoms with Crippen molar-refractivity contribution in [1.82, 2.24) is 9.97 Å². The summed E-state index contributed by atoms with van der Waals surface area (Å²) in [4.78, 5) is 10.6. The van der Waals surface area contributed by atoms with E-state index in [1.54, 1.807) is 6.20 Å². The van der Waals surface area contributed by atoms with Gasteiger partial charge in [0.15, 0.2) is 0 Å². The van der Waals surface area contributed by atoms with Gasteiger partial charge in [-0.1, -0.05) is 6.07 Å². The highest BCUT2D eigenvalue weighted by atomic mass is 16.5. The van der Waals surface area contributed by atoms with Crippen LogP contribution in [0.25, 0.3) is 0 Å². The maximum atomic E-state index is 5.89. The molecule has 0 saturated carbocycles. The highest BCUT2D eigenvalue weighted by molar-refractivity contribution is 5.55. The zero-order valence-corrected chi connectivity index (χ0v) is 12.9. The molecule has 0 amide bonds. The zero-order valence-electron chi connectivity index (χ0n) is 12.9. The molecular weight excluding hydrogens is 294 g/mol. The number of aromatic nitrogens is 2. The Kier molecular flexibility index (Phi) is 5.10. The molecule has 23 heavy (non-hydrogen) atoms. The first-order valence-electron chi connectivity index (χ1n) is 7.69. The van der Waals surface area contributed by atoms with E-state index >= 15 is 0 Å². The van der Waals surface area contributed by atoms with E-state index in [2.05, 4.69) is 20.2 Å². The Morgan fingerprint density at radius 3 is 2.91 bits per heavy atom. The summed E-state index contributed by atoms with van der Waals surface area (Å²) < 4.78 is 11.1. The van der Waals surface area contributed by atoms with E-state index in [0.29, 0.717) is 24.8 Å². The largest absolute Gasteiger partial charge is 0.476 e. The van der Waals surface area contributed by atoms with Gasteiger partial charge in [-0.2, -0.15) is 4.98 Å². The minimum absolute atomic E-state index is 0.460. The lowest BCUT2D eigenvalue weighted by atomic mass is 10.3. The third-order valence-corrected chi connectivity index (χ3v) is 3.51. The summed E-state index contributed by atoms with van der Waals surface area (Å²) in [6, 6.07) is 9.51. The van der Waals surface area contributed by atoms with Gasteiger partial charge in [0.05, 0.1) is 19.8 Å². The smallest absolute Gasteiger partial charge is 0.217 e. The summed E-state index contributed by atoms with van der Waals surface area (Å²) in [5.74, 6) is 1.82. The van der Waals surface area contributed by atoms with Crippen LogP contribution in [0.15, 0.2) is 36.5 Å². The minimum atomic E-state index is 0.460. The molecule has 1 aliphatic rings. The average molecular weight is 315 g/mol. The van der Waals surface area contributed by atoms with Crippen molar-refractivity contribution in [2.45, 2.75) is 0 Å². The molecule has 0 spiro atoms. The Balaban J connectivity index is 1.54. The van der Waals surface area contributed by atoms with Gasteiger partial charge in [-0.05, 0) is 12.1 Å². The summed E-state index contributed by atoms with van der Waals surface area (Å²) in [6.45, 7) is 4.28. The molecule has 0 aliphatic carbocycles. The molecule has 2 aromatic rings. The van der Waals surface area contributed by atoms with Crippen molar-refractivity contribution in [2.75, 3.05) is 55.4 Å². The predicted octanol–water partition coefficient (Wildman–Crippen LogP) is 1.39. The van der Waals surface area contributed by atoms with Crippen LogP contribution in [0.1, 0.15) is 0 Å². The number of ether oxygens (including phenoxy) is 2. The van der Waals surface area contributed by atoms with Crippen LogP contribution in [0.3, 0.4) is 0 Å². The lowest BCUT2D eigenvalue weighted by Gasteiger charge is -2.29. The molecule has 122 valence electrons. The van der Waals surface area contributed by atoms with E-state index in [9.17, 15) is 0 Å². The molecule has 3 heterocycles. The van der Waals surface area contributed by atoms with E-state index in [0.717, 1.165) is 37.8 Å². The van der Waals surface area contributed by atoms with Crippen molar-refractivity contribution >= 4 is 17.3 Å². The average Bonchev–Trinajstić information content (AvgIpc) is 2.60. The van der Waals surface area contributed by atoms with Crippen molar-refractivity contribution in [3.05, 3.63) is 36.5 Å². The predicted molar refractivity (Wildman–Crippen MR) is 89.9 cm³/mol. The van der Waals surface area contributed by atoms with Crippen molar-refractivity contribution in [3.63, 3.8) is 0 Å². The van der Waals surface area contributed by atoms with Crippen molar-refractivity contribution < 1.29 is 9.47 Å². The monoisotopic (exact) mass is 315 g/mol. The number of nitrogens with two attached hydrogens (primary N) is 1. The van der Waals surface area contributed by atoms with Gasteiger partial charge in [0.2, 0.25) is 5.88 Å². The Labute approximate surface area is 135 Å². The van der Waals surface area contributed by atoms with Gasteiger partial charge in [0.1, 0.15) is 18.2 Å². The third kappa shape index (κ3) is 4.46. The van der Waals surface area contributed by atoms with Gasteiger partial charge >= 0.3 is 0 Å². The van der Waals surface area contributed by atoms with Crippen LogP contribution in [0.4, 0.5) is 17.3 Å². The first kappa shape index (κ1) is 15.4. The van der Waals surface area contributed by atoms with Crippen molar-refractivity contribution in [3.8, 4) is 5.88 Å². The number of morpholine rings is 1. The summed E-state index contributed by atoms with van der Waals surface area (Å²) >= 11 is 0. The lowest BCUT2D eigenvalue weighted by molar-refractivity contribution is 0.122. The quantitative estimate of drug-likeness (QED) is 0.779. The summed E-state index contributed by atoms with van der Waals surface area (Å²) in [5.41, 5.74) is 6.91. The SMILES string of the molecule is Nc1cc(N2CCOCC2)cc(OCCNc2ccccn2)n1. The normalized spacial score (nSPS) is 14.5. The number of hydrogen-bond donors (Lipinski definition) is 2. The fourth-order valence-corrected chi connectivity index (χ4v) is 2.39. The topological polar surface area (TPSA) is 85.5 Å². The zero-order chi connectivity index (χ0) is 15.9. The molecule has 0 unspecified atom stereocenters. The number of anilines is 3. The number of hydrogen-bond acceptors (Lipinski definition) is 7. The molecule has 1 saturated heterocycles. The molecule has 0 atom stereocenters. The van der Waals surface area contributed by atoms with Crippen molar-refractivity contribution in [2.24, 2.45) is 0 Å². The molecule has 2 aromatic heterocycles. The van der Waals surface area contributed by atoms with E-state index in [-0.39, 0.29) is 0 Å². The third-order valence-electron chi connectivity index (χ3n) is 3.51. The highest BCUT2D eigenvalue weighted by Gasteiger charge is 2.13. The minimum Gasteiger partial charge on any atom is -0.476 e. The second kappa shape index (κ2) is 7.64. The van der Waals surface area contributed by atoms with Crippen LogP contribution in [0.2, 0.25) is 0 Å². The standard InChI is InChI=1S/C16H21N5O2/c17-14-11-13(21-6-9-22-10-7-21)12-16(20-14)23-8-5-19-15-3-1-2-4-18-15/h1-4,11-12H,5-10H2,(H2,17,20)(H,18,19). The van der Waals surface area contributed by atoms with Crippen LogP contribution >= 0.6 is 0 Å². The molecule has 7 heteroatoms. The van der Waals surface area contributed by atoms with Gasteiger partial charge in [-0.3, -0.25) is 0 Å². The molecule has 0 aromatic carbocycles. The molecule has 7 nitrogen and oxygen atoms in total. The molecule has 1 fully saturated rings. The molecule has 3 N–H and O–H groups in total. The Morgan fingerprint density at radius 1 is 1.26 bits per heavy atom. The summed E-state index contributed by atoms with van der Waals surface area (Å²) in [7, 11) is 0. The second-order valence-corrected chi connectivity index (χ2v) is 5.18. The molecule has 1 aliphatic heterocycles. The lowest BCUT2D eigenvalue weighted by Crippen LogP contribution is -2.36. The first-order valence-corrected chi connectivity index (χ1v) is 7.69. The number of pyridine rings is 2. The van der Waals surface area contributed by atoms with E-state index in [4.69, 9.17) is 15.2 Å². The molecule has 0 radical (unpaired) electrons. The van der Waals surface area contributed by atoms with Crippen LogP contribution in [-0.4, -0.2) is 49.4 Å². The summed E-state index contributed by atoms with van der Waals surface area (Å²) in [5, 5.41) is 3.19. The molecule has 3 rings (SSSR count). The van der Waals surface area contributed by atoms with Crippen LogP contribution in [-0.2, 0) is 4.74 Å². The number of rotatable bonds is 6. The van der Waals surface area contributed by atoms with E-state index in [1.807, 2.05) is 30.3 Å². The number of nitrogen functional groups attached to an aromatic ring is 1. The second-order valence-electron chi connectivity index (χ2n) is 5.18. The number of nitrogens with zero attached hydrogens (tertiary/aromatic N) is 3. The fraction of sp³-hybridized carbons (Fsp3) is 0.375. The Hall–Kier alpha value is -2.54. The first-order chi connectivity index (χ1) is 11.3. The molecule has 0 bridgehead atoms. The van der Waals surface area contributed by atoms with Gasteiger partial charge in [-0.15, -0.1) is 0 Å². The van der Waals surface area contributed by atoms with Gasteiger partial charge < -0.3 is 25.4 Å². The fourth-order valence-electron chi connectivity index (χ4n) is 2.39. The Bertz CT molecular complexity index is 617. The number of nitrogens with one attached hydrogen (secondary N) is 1. The maximum Gasteiger partial charge on any atom is 0.217 e. The summed E-state index contributed by atoms with van der Waals surface area (Å²) in [6.07, 6.45) is 1.75. The van der Waals surface area contributed by atoms with E-state index < -0.39 is 0 Å². The maximum absolute atomic E-state index is 5.89. The highest BCUT2D eigenvalue weighted by Crippen LogP contribution is 2.23. The van der Waals surface area contributed by atoms with Crippen LogP contribution < -0.4 is 20.7 Å². The van der Waals surface area contributed by atoms with Gasteiger partial charge in [0, 0.05) is 37.1 Å². The Morgan fingerprint density at radius 2 is 2.13 bits per heavy atom. The van der Waals surface area contributed by atoms with Crippen LogP contribution in [0, 0.1) is 0 Å². The van der Waals surface area contributed by atoms with E-state index in [1.165, 1.54) is 0 Å². The van der Waals surface area contributed by atoms with Gasteiger partial charge in [-0.25, -0.2) is 4.98 Å². The molecular formula is C16H21N5O2.